The first-order chi connectivity index (χ1) is 7.47. The summed E-state index contributed by atoms with van der Waals surface area (Å²) in [7, 11) is 0. The summed E-state index contributed by atoms with van der Waals surface area (Å²) in [5.74, 6) is 0.0550. The molecule has 0 unspecified atom stereocenters. The molecule has 0 amide bonds. The third-order valence-corrected chi connectivity index (χ3v) is 3.05. The minimum atomic E-state index is -0.227. The molecule has 0 aliphatic heterocycles. The molecule has 0 heterocycles. The van der Waals surface area contributed by atoms with Crippen LogP contribution in [0.4, 0.5) is 0 Å². The summed E-state index contributed by atoms with van der Waals surface area (Å²) in [6, 6.07) is 0. The quantitative estimate of drug-likeness (QED) is 0.730. The van der Waals surface area contributed by atoms with Crippen LogP contribution in [0.2, 0.25) is 0 Å². The molecule has 90 valence electrons. The number of hydrogen-bond acceptors (Lipinski definition) is 3. The Bertz CT molecular complexity index is 326. The molecule has 1 aliphatic rings. The van der Waals surface area contributed by atoms with Crippen molar-refractivity contribution in [2.24, 2.45) is 11.8 Å². The first kappa shape index (κ1) is 12.9. The fraction of sp³-hybridized carbons (Fsp3) is 0.692. The Morgan fingerprint density at radius 2 is 2.12 bits per heavy atom. The number of aliphatic hydroxyl groups is 1. The van der Waals surface area contributed by atoms with Gasteiger partial charge in [0.1, 0.15) is 5.76 Å². The highest BCUT2D eigenvalue weighted by molar-refractivity contribution is 6.22. The van der Waals surface area contributed by atoms with Gasteiger partial charge in [-0.15, -0.1) is 0 Å². The summed E-state index contributed by atoms with van der Waals surface area (Å²) < 4.78 is 0. The number of ketones is 2. The van der Waals surface area contributed by atoms with Crippen LogP contribution in [0.25, 0.3) is 0 Å². The van der Waals surface area contributed by atoms with Gasteiger partial charge in [0.2, 0.25) is 0 Å². The summed E-state index contributed by atoms with van der Waals surface area (Å²) in [6.45, 7) is 5.92. The predicted octanol–water partition coefficient (Wildman–Crippen LogP) is 2.80. The average Bonchev–Trinajstić information content (AvgIpc) is 2.50. The van der Waals surface area contributed by atoms with Crippen LogP contribution in [0.5, 0.6) is 0 Å². The molecule has 0 aromatic heterocycles. The van der Waals surface area contributed by atoms with E-state index in [1.807, 2.05) is 0 Å². The van der Waals surface area contributed by atoms with Crippen molar-refractivity contribution in [3.05, 3.63) is 11.3 Å². The Morgan fingerprint density at radius 1 is 1.50 bits per heavy atom. The summed E-state index contributed by atoms with van der Waals surface area (Å²) in [4.78, 5) is 23.1. The van der Waals surface area contributed by atoms with E-state index in [0.29, 0.717) is 12.3 Å². The van der Waals surface area contributed by atoms with Crippen LogP contribution in [0.1, 0.15) is 46.5 Å². The molecular formula is C13H20O3. The van der Waals surface area contributed by atoms with Crippen molar-refractivity contribution in [2.45, 2.75) is 46.5 Å². The second-order valence-corrected chi connectivity index (χ2v) is 4.83. The van der Waals surface area contributed by atoms with Gasteiger partial charge in [0.05, 0.1) is 5.57 Å². The van der Waals surface area contributed by atoms with Gasteiger partial charge in [-0.3, -0.25) is 9.59 Å². The summed E-state index contributed by atoms with van der Waals surface area (Å²) in [6.07, 6.45) is 2.34. The maximum absolute atomic E-state index is 11.6. The lowest BCUT2D eigenvalue weighted by Gasteiger charge is -2.10. The summed E-state index contributed by atoms with van der Waals surface area (Å²) in [5, 5.41) is 9.87. The Kier molecular flexibility index (Phi) is 4.27. The normalized spacial score (nSPS) is 21.0. The van der Waals surface area contributed by atoms with Crippen molar-refractivity contribution in [3.8, 4) is 0 Å². The Morgan fingerprint density at radius 3 is 2.62 bits per heavy atom. The number of carbonyl (C=O) groups excluding carboxylic acids is 2. The van der Waals surface area contributed by atoms with Gasteiger partial charge in [-0.2, -0.15) is 0 Å². The zero-order chi connectivity index (χ0) is 12.3. The molecule has 0 bridgehead atoms. The molecule has 16 heavy (non-hydrogen) atoms. The highest BCUT2D eigenvalue weighted by Crippen LogP contribution is 2.32. The lowest BCUT2D eigenvalue weighted by Crippen LogP contribution is -2.08. The second kappa shape index (κ2) is 5.28. The van der Waals surface area contributed by atoms with E-state index in [2.05, 4.69) is 13.8 Å². The molecular weight excluding hydrogens is 204 g/mol. The highest BCUT2D eigenvalue weighted by Gasteiger charge is 2.35. The Balaban J connectivity index is 2.75. The molecule has 3 nitrogen and oxygen atoms in total. The van der Waals surface area contributed by atoms with Gasteiger partial charge < -0.3 is 5.11 Å². The predicted molar refractivity (Wildman–Crippen MR) is 62.1 cm³/mol. The van der Waals surface area contributed by atoms with Crippen LogP contribution < -0.4 is 0 Å². The molecule has 0 radical (unpaired) electrons. The molecule has 0 saturated heterocycles. The van der Waals surface area contributed by atoms with Gasteiger partial charge in [0.15, 0.2) is 11.6 Å². The number of carbonyl (C=O) groups is 2. The van der Waals surface area contributed by atoms with Gasteiger partial charge >= 0.3 is 0 Å². The van der Waals surface area contributed by atoms with Gasteiger partial charge in [-0.25, -0.2) is 0 Å². The Labute approximate surface area is 96.5 Å². The first-order valence-electron chi connectivity index (χ1n) is 5.96. The van der Waals surface area contributed by atoms with E-state index in [1.165, 1.54) is 0 Å². The topological polar surface area (TPSA) is 54.4 Å². The van der Waals surface area contributed by atoms with Crippen LogP contribution in [0.15, 0.2) is 11.3 Å². The molecule has 1 rings (SSSR count). The van der Waals surface area contributed by atoms with Gasteiger partial charge in [0.25, 0.3) is 0 Å². The lowest BCUT2D eigenvalue weighted by atomic mass is 9.96. The third-order valence-electron chi connectivity index (χ3n) is 3.05. The standard InChI is InChI=1S/C13H20O3/c1-4-10(14)12-11(15)7-9(13(12)16)6-5-8(2)3/h8-9,16H,4-7H2,1-3H3/t9-/m0/s1. The summed E-state index contributed by atoms with van der Waals surface area (Å²) >= 11 is 0. The number of Topliss-reactive ketones (excluding diaryl/α,β-unsaturated/α-hetero) is 2. The van der Waals surface area contributed by atoms with E-state index < -0.39 is 0 Å². The molecule has 0 saturated carbocycles. The minimum Gasteiger partial charge on any atom is -0.511 e. The monoisotopic (exact) mass is 224 g/mol. The first-order valence-corrected chi connectivity index (χ1v) is 5.96. The SMILES string of the molecule is CCC(=O)C1=C(O)[C@@H](CCC(C)C)CC1=O. The van der Waals surface area contributed by atoms with Crippen molar-refractivity contribution in [3.63, 3.8) is 0 Å². The van der Waals surface area contributed by atoms with E-state index in [9.17, 15) is 14.7 Å². The molecule has 1 atom stereocenters. The maximum Gasteiger partial charge on any atom is 0.170 e. The van der Waals surface area contributed by atoms with E-state index in [1.54, 1.807) is 6.92 Å². The zero-order valence-electron chi connectivity index (χ0n) is 10.2. The van der Waals surface area contributed by atoms with Crippen molar-refractivity contribution >= 4 is 11.6 Å². The van der Waals surface area contributed by atoms with E-state index in [0.717, 1.165) is 12.8 Å². The number of allylic oxidation sites excluding steroid dienone is 2. The fourth-order valence-corrected chi connectivity index (χ4v) is 2.02. The molecule has 1 aliphatic carbocycles. The van der Waals surface area contributed by atoms with E-state index >= 15 is 0 Å². The average molecular weight is 224 g/mol. The van der Waals surface area contributed by atoms with E-state index in [4.69, 9.17) is 0 Å². The van der Waals surface area contributed by atoms with Gasteiger partial charge in [0, 0.05) is 18.8 Å². The molecule has 0 aromatic rings. The van der Waals surface area contributed by atoms with Crippen LogP contribution in [-0.2, 0) is 9.59 Å². The van der Waals surface area contributed by atoms with Crippen LogP contribution >= 0.6 is 0 Å². The zero-order valence-corrected chi connectivity index (χ0v) is 10.2. The smallest absolute Gasteiger partial charge is 0.170 e. The summed E-state index contributed by atoms with van der Waals surface area (Å²) in [5.41, 5.74) is 0.0660. The van der Waals surface area contributed by atoms with Crippen LogP contribution in [0.3, 0.4) is 0 Å². The number of rotatable bonds is 5. The number of hydrogen-bond donors (Lipinski definition) is 1. The molecule has 0 fully saturated rings. The van der Waals surface area contributed by atoms with Crippen molar-refractivity contribution in [2.75, 3.05) is 0 Å². The minimum absolute atomic E-state index is 0.0394. The third kappa shape index (κ3) is 2.71. The van der Waals surface area contributed by atoms with E-state index in [-0.39, 0.29) is 35.2 Å². The van der Waals surface area contributed by atoms with Gasteiger partial charge in [-0.1, -0.05) is 27.2 Å². The van der Waals surface area contributed by atoms with Crippen LogP contribution in [-0.4, -0.2) is 16.7 Å². The number of aliphatic hydroxyl groups excluding tert-OH is 1. The van der Waals surface area contributed by atoms with Crippen molar-refractivity contribution in [1.82, 2.24) is 0 Å². The highest BCUT2D eigenvalue weighted by atomic mass is 16.3. The fourth-order valence-electron chi connectivity index (χ4n) is 2.02. The maximum atomic E-state index is 11.6. The Hall–Kier alpha value is -1.12. The molecule has 0 spiro atoms. The molecule has 3 heteroatoms. The van der Waals surface area contributed by atoms with Gasteiger partial charge in [-0.05, 0) is 12.3 Å². The molecule has 0 aromatic carbocycles. The molecule has 1 N–H and O–H groups in total. The second-order valence-electron chi connectivity index (χ2n) is 4.83. The van der Waals surface area contributed by atoms with Crippen LogP contribution in [0, 0.1) is 11.8 Å². The van der Waals surface area contributed by atoms with Crippen molar-refractivity contribution < 1.29 is 14.7 Å². The largest absolute Gasteiger partial charge is 0.511 e. The lowest BCUT2D eigenvalue weighted by molar-refractivity contribution is -0.120. The van der Waals surface area contributed by atoms with Crippen molar-refractivity contribution in [1.29, 1.82) is 0 Å².